The highest BCUT2D eigenvalue weighted by atomic mass is 16.2. The van der Waals surface area contributed by atoms with Crippen molar-refractivity contribution in [1.82, 2.24) is 29.5 Å². The average Bonchev–Trinajstić information content (AvgIpc) is 3.43. The van der Waals surface area contributed by atoms with E-state index >= 15 is 0 Å². The van der Waals surface area contributed by atoms with Crippen LogP contribution in [0.3, 0.4) is 0 Å². The van der Waals surface area contributed by atoms with E-state index in [9.17, 15) is 4.79 Å². The summed E-state index contributed by atoms with van der Waals surface area (Å²) in [5, 5.41) is 7.50. The highest BCUT2D eigenvalue weighted by Crippen LogP contribution is 2.16. The first-order valence-corrected chi connectivity index (χ1v) is 10.5. The topological polar surface area (TPSA) is 83.6 Å². The van der Waals surface area contributed by atoms with E-state index in [0.717, 1.165) is 30.3 Å². The van der Waals surface area contributed by atoms with Crippen molar-refractivity contribution in [3.8, 4) is 0 Å². The highest BCUT2D eigenvalue weighted by Gasteiger charge is 2.27. The molecule has 0 unspecified atom stereocenters. The number of guanidine groups is 1. The molecule has 0 aliphatic carbocycles. The van der Waals surface area contributed by atoms with Crippen molar-refractivity contribution in [3.05, 3.63) is 66.5 Å². The fraction of sp³-hybridized carbons (Fsp3) is 0.364. The van der Waals surface area contributed by atoms with E-state index in [4.69, 9.17) is 4.99 Å². The van der Waals surface area contributed by atoms with E-state index in [0.29, 0.717) is 26.2 Å². The number of aliphatic imine (C=N–C) groups is 1. The summed E-state index contributed by atoms with van der Waals surface area (Å²) in [6, 6.07) is 8.41. The van der Waals surface area contributed by atoms with Crippen LogP contribution in [0.5, 0.6) is 0 Å². The first-order chi connectivity index (χ1) is 15.1. The van der Waals surface area contributed by atoms with Crippen LogP contribution in [-0.2, 0) is 24.9 Å². The number of carbonyl (C=O) groups is 1. The van der Waals surface area contributed by atoms with E-state index in [1.807, 2.05) is 42.2 Å². The van der Waals surface area contributed by atoms with E-state index in [2.05, 4.69) is 39.7 Å². The maximum Gasteiger partial charge on any atom is 0.246 e. The molecule has 1 saturated heterocycles. The van der Waals surface area contributed by atoms with Gasteiger partial charge in [0.15, 0.2) is 5.96 Å². The molecule has 1 aliphatic rings. The number of aromatic nitrogens is 4. The number of anilines is 1. The summed E-state index contributed by atoms with van der Waals surface area (Å²) in [6.45, 7) is 5.73. The van der Waals surface area contributed by atoms with Gasteiger partial charge < -0.3 is 19.7 Å². The zero-order chi connectivity index (χ0) is 21.6. The van der Waals surface area contributed by atoms with Crippen LogP contribution in [0.15, 0.2) is 60.4 Å². The third-order valence-corrected chi connectivity index (χ3v) is 5.19. The van der Waals surface area contributed by atoms with E-state index in [1.165, 1.54) is 5.56 Å². The lowest BCUT2D eigenvalue weighted by Crippen LogP contribution is -2.55. The molecule has 1 amide bonds. The Morgan fingerprint density at radius 3 is 2.84 bits per heavy atom. The number of nitrogens with zero attached hydrogens (tertiary/aromatic N) is 7. The molecule has 9 heteroatoms. The summed E-state index contributed by atoms with van der Waals surface area (Å²) in [5.74, 6) is 0.814. The third kappa shape index (κ3) is 5.11. The van der Waals surface area contributed by atoms with Crippen molar-refractivity contribution in [3.63, 3.8) is 0 Å². The Balaban J connectivity index is 1.42. The number of hydrogen-bond donors (Lipinski definition) is 1. The van der Waals surface area contributed by atoms with Gasteiger partial charge in [0.1, 0.15) is 6.54 Å². The van der Waals surface area contributed by atoms with Crippen molar-refractivity contribution < 1.29 is 4.79 Å². The van der Waals surface area contributed by atoms with Gasteiger partial charge in [-0.25, -0.2) is 9.98 Å². The minimum atomic E-state index is 0.0483. The normalized spacial score (nSPS) is 14.9. The molecule has 162 valence electrons. The van der Waals surface area contributed by atoms with Gasteiger partial charge in [-0.3, -0.25) is 9.48 Å². The van der Waals surface area contributed by atoms with Gasteiger partial charge >= 0.3 is 0 Å². The second-order valence-electron chi connectivity index (χ2n) is 7.56. The van der Waals surface area contributed by atoms with Crippen LogP contribution >= 0.6 is 0 Å². The lowest BCUT2D eigenvalue weighted by molar-refractivity contribution is -0.120. The zero-order valence-electron chi connectivity index (χ0n) is 18.0. The Labute approximate surface area is 182 Å². The Bertz CT molecular complexity index is 1040. The van der Waals surface area contributed by atoms with Crippen LogP contribution in [0.4, 0.5) is 5.69 Å². The minimum Gasteiger partial charge on any atom is -0.356 e. The minimum absolute atomic E-state index is 0.0483. The lowest BCUT2D eigenvalue weighted by Gasteiger charge is -2.35. The first kappa shape index (κ1) is 20.6. The smallest absolute Gasteiger partial charge is 0.246 e. The van der Waals surface area contributed by atoms with Crippen molar-refractivity contribution in [1.29, 1.82) is 0 Å². The fourth-order valence-electron chi connectivity index (χ4n) is 3.68. The standard InChI is InChI=1S/C22H28N8O/c1-3-24-22(29-9-10-30(21(31)16-29)20-13-26-27(2)15-20)25-12-18-5-4-6-19(11-18)14-28-8-7-23-17-28/h4-8,11,13,15,17H,3,9-10,12,14,16H2,1-2H3,(H,24,25). The Kier molecular flexibility index (Phi) is 6.30. The molecule has 1 aliphatic heterocycles. The Morgan fingerprint density at radius 1 is 1.26 bits per heavy atom. The van der Waals surface area contributed by atoms with Crippen molar-refractivity contribution in [2.75, 3.05) is 31.1 Å². The van der Waals surface area contributed by atoms with Crippen LogP contribution in [-0.4, -0.2) is 62.3 Å². The Hall–Kier alpha value is -3.62. The average molecular weight is 421 g/mol. The molecule has 31 heavy (non-hydrogen) atoms. The highest BCUT2D eigenvalue weighted by molar-refractivity contribution is 5.98. The van der Waals surface area contributed by atoms with Gasteiger partial charge in [-0.2, -0.15) is 5.10 Å². The van der Waals surface area contributed by atoms with Crippen molar-refractivity contribution in [2.45, 2.75) is 20.0 Å². The quantitative estimate of drug-likeness (QED) is 0.482. The summed E-state index contributed by atoms with van der Waals surface area (Å²) in [4.78, 5) is 25.5. The van der Waals surface area contributed by atoms with Gasteiger partial charge in [-0.05, 0) is 18.1 Å². The molecule has 2 aromatic heterocycles. The molecule has 0 bridgehead atoms. The lowest BCUT2D eigenvalue weighted by atomic mass is 10.1. The monoisotopic (exact) mass is 420 g/mol. The third-order valence-electron chi connectivity index (χ3n) is 5.19. The van der Waals surface area contributed by atoms with Gasteiger partial charge in [0.2, 0.25) is 5.91 Å². The molecule has 1 fully saturated rings. The molecule has 1 N–H and O–H groups in total. The van der Waals surface area contributed by atoms with Gasteiger partial charge in [-0.15, -0.1) is 0 Å². The molecule has 1 aromatic carbocycles. The van der Waals surface area contributed by atoms with Gasteiger partial charge in [0.05, 0.1) is 24.8 Å². The fourth-order valence-corrected chi connectivity index (χ4v) is 3.68. The molecule has 0 spiro atoms. The van der Waals surface area contributed by atoms with Crippen LogP contribution in [0.1, 0.15) is 18.1 Å². The first-order valence-electron chi connectivity index (χ1n) is 10.5. The van der Waals surface area contributed by atoms with Crippen LogP contribution < -0.4 is 10.2 Å². The Morgan fingerprint density at radius 2 is 2.13 bits per heavy atom. The van der Waals surface area contributed by atoms with E-state index < -0.39 is 0 Å². The summed E-state index contributed by atoms with van der Waals surface area (Å²) in [5.41, 5.74) is 3.17. The number of benzene rings is 1. The van der Waals surface area contributed by atoms with Crippen molar-refractivity contribution in [2.24, 2.45) is 12.0 Å². The van der Waals surface area contributed by atoms with E-state index in [-0.39, 0.29) is 5.91 Å². The number of aryl methyl sites for hydroxylation is 1. The summed E-state index contributed by atoms with van der Waals surface area (Å²) >= 11 is 0. The number of imidazole rings is 1. The molecule has 0 saturated carbocycles. The number of carbonyl (C=O) groups excluding carboxylic acids is 1. The largest absolute Gasteiger partial charge is 0.356 e. The molecule has 3 aromatic rings. The second kappa shape index (κ2) is 9.46. The van der Waals surface area contributed by atoms with Gasteiger partial charge in [-0.1, -0.05) is 24.3 Å². The van der Waals surface area contributed by atoms with Gasteiger partial charge in [0, 0.05) is 51.8 Å². The van der Waals surface area contributed by atoms with Crippen LogP contribution in [0.2, 0.25) is 0 Å². The number of hydrogen-bond acceptors (Lipinski definition) is 4. The van der Waals surface area contributed by atoms with Crippen LogP contribution in [0.25, 0.3) is 0 Å². The summed E-state index contributed by atoms with van der Waals surface area (Å²) in [6.07, 6.45) is 9.14. The molecule has 3 heterocycles. The predicted octanol–water partition coefficient (Wildman–Crippen LogP) is 1.48. The zero-order valence-corrected chi connectivity index (χ0v) is 18.0. The molecular formula is C22H28N8O. The number of rotatable bonds is 6. The number of nitrogens with one attached hydrogen (secondary N) is 1. The molecule has 4 rings (SSSR count). The predicted molar refractivity (Wildman–Crippen MR) is 120 cm³/mol. The molecule has 0 radical (unpaired) electrons. The second-order valence-corrected chi connectivity index (χ2v) is 7.56. The molecule has 0 atom stereocenters. The SMILES string of the molecule is CCNC(=NCc1cccc(Cn2ccnc2)c1)N1CCN(c2cnn(C)c2)C(=O)C1. The van der Waals surface area contributed by atoms with E-state index in [1.54, 1.807) is 22.0 Å². The number of amides is 1. The van der Waals surface area contributed by atoms with Gasteiger partial charge in [0.25, 0.3) is 0 Å². The summed E-state index contributed by atoms with van der Waals surface area (Å²) in [7, 11) is 1.85. The maximum atomic E-state index is 12.8. The summed E-state index contributed by atoms with van der Waals surface area (Å²) < 4.78 is 3.75. The number of piperazine rings is 1. The maximum absolute atomic E-state index is 12.8. The molecular weight excluding hydrogens is 392 g/mol. The van der Waals surface area contributed by atoms with Crippen molar-refractivity contribution >= 4 is 17.6 Å². The van der Waals surface area contributed by atoms with Crippen LogP contribution in [0, 0.1) is 0 Å². The molecule has 9 nitrogen and oxygen atoms in total.